The third kappa shape index (κ3) is 3.02. The van der Waals surface area contributed by atoms with E-state index in [1.807, 2.05) is 6.07 Å². The van der Waals surface area contributed by atoms with Crippen LogP contribution in [0.15, 0.2) is 30.3 Å². The molecule has 0 saturated carbocycles. The number of benzene rings is 1. The molecule has 3 rings (SSSR count). The fraction of sp³-hybridized carbons (Fsp3) is 0.562. The fourth-order valence-corrected chi connectivity index (χ4v) is 3.67. The average molecular weight is 274 g/mol. The zero-order valence-corrected chi connectivity index (χ0v) is 11.7. The van der Waals surface area contributed by atoms with Crippen LogP contribution in [0.2, 0.25) is 0 Å². The number of carboxylic acids is 1. The lowest BCUT2D eigenvalue weighted by Gasteiger charge is -2.49. The van der Waals surface area contributed by atoms with Crippen molar-refractivity contribution in [1.82, 2.24) is 9.80 Å². The first-order valence-corrected chi connectivity index (χ1v) is 7.46. The molecule has 0 amide bonds. The summed E-state index contributed by atoms with van der Waals surface area (Å²) in [6.07, 6.45) is 3.51. The minimum Gasteiger partial charge on any atom is -0.480 e. The summed E-state index contributed by atoms with van der Waals surface area (Å²) >= 11 is 0. The van der Waals surface area contributed by atoms with Crippen molar-refractivity contribution in [2.75, 3.05) is 19.6 Å². The molecule has 0 aliphatic carbocycles. The van der Waals surface area contributed by atoms with Crippen LogP contribution in [0.3, 0.4) is 0 Å². The maximum absolute atomic E-state index is 11.0. The second kappa shape index (κ2) is 5.94. The molecular formula is C16H22N2O2. The molecule has 20 heavy (non-hydrogen) atoms. The van der Waals surface area contributed by atoms with Gasteiger partial charge in [-0.2, -0.15) is 0 Å². The lowest BCUT2D eigenvalue weighted by Crippen LogP contribution is -2.61. The van der Waals surface area contributed by atoms with Crippen LogP contribution in [0.1, 0.15) is 24.8 Å². The Kier molecular flexibility index (Phi) is 4.03. The van der Waals surface area contributed by atoms with E-state index in [0.717, 1.165) is 32.5 Å². The first-order chi connectivity index (χ1) is 9.72. The third-order valence-corrected chi connectivity index (χ3v) is 4.52. The monoisotopic (exact) mass is 274 g/mol. The van der Waals surface area contributed by atoms with Gasteiger partial charge in [-0.3, -0.25) is 14.6 Å². The van der Waals surface area contributed by atoms with Crippen molar-refractivity contribution in [2.45, 2.75) is 37.9 Å². The number of hydrogen-bond donors (Lipinski definition) is 1. The molecule has 0 radical (unpaired) electrons. The Morgan fingerprint density at radius 1 is 1.15 bits per heavy atom. The summed E-state index contributed by atoms with van der Waals surface area (Å²) in [6.45, 7) is 3.18. The van der Waals surface area contributed by atoms with Gasteiger partial charge in [0.05, 0.1) is 6.54 Å². The Balaban J connectivity index is 1.66. The van der Waals surface area contributed by atoms with Crippen LogP contribution in [0.4, 0.5) is 0 Å². The molecule has 2 saturated heterocycles. The van der Waals surface area contributed by atoms with Gasteiger partial charge in [0.2, 0.25) is 0 Å². The Morgan fingerprint density at radius 3 is 2.40 bits per heavy atom. The second-order valence-electron chi connectivity index (χ2n) is 5.98. The van der Waals surface area contributed by atoms with Gasteiger partial charge in [-0.1, -0.05) is 36.8 Å². The van der Waals surface area contributed by atoms with Gasteiger partial charge in [0, 0.05) is 31.7 Å². The minimum atomic E-state index is -0.696. The summed E-state index contributed by atoms with van der Waals surface area (Å²) in [4.78, 5) is 15.7. The number of aliphatic carboxylic acids is 1. The van der Waals surface area contributed by atoms with Crippen LogP contribution >= 0.6 is 0 Å². The van der Waals surface area contributed by atoms with Crippen molar-refractivity contribution in [2.24, 2.45) is 0 Å². The summed E-state index contributed by atoms with van der Waals surface area (Å²) < 4.78 is 0. The maximum Gasteiger partial charge on any atom is 0.317 e. The van der Waals surface area contributed by atoms with Gasteiger partial charge in [0.25, 0.3) is 0 Å². The average Bonchev–Trinajstić information content (AvgIpc) is 2.40. The van der Waals surface area contributed by atoms with Crippen molar-refractivity contribution < 1.29 is 9.90 Å². The molecule has 2 atom stereocenters. The predicted molar refractivity (Wildman–Crippen MR) is 77.5 cm³/mol. The van der Waals surface area contributed by atoms with E-state index in [0.29, 0.717) is 12.1 Å². The van der Waals surface area contributed by atoms with Crippen molar-refractivity contribution in [3.8, 4) is 0 Å². The van der Waals surface area contributed by atoms with Crippen LogP contribution in [0.5, 0.6) is 0 Å². The quantitative estimate of drug-likeness (QED) is 0.909. The van der Waals surface area contributed by atoms with Gasteiger partial charge < -0.3 is 5.11 Å². The summed E-state index contributed by atoms with van der Waals surface area (Å²) in [5, 5.41) is 9.07. The summed E-state index contributed by atoms with van der Waals surface area (Å²) in [7, 11) is 0. The number of likely N-dealkylation sites (tertiary alicyclic amines) is 1. The molecule has 2 aliphatic heterocycles. The van der Waals surface area contributed by atoms with Crippen LogP contribution in [0, 0.1) is 0 Å². The van der Waals surface area contributed by atoms with Gasteiger partial charge in [0.15, 0.2) is 0 Å². The van der Waals surface area contributed by atoms with E-state index in [9.17, 15) is 4.79 Å². The number of nitrogens with zero attached hydrogens (tertiary/aromatic N) is 2. The molecule has 0 spiro atoms. The smallest absolute Gasteiger partial charge is 0.317 e. The molecule has 2 heterocycles. The van der Waals surface area contributed by atoms with E-state index in [1.165, 1.54) is 12.0 Å². The molecule has 0 aromatic heterocycles. The van der Waals surface area contributed by atoms with Crippen molar-refractivity contribution in [3.63, 3.8) is 0 Å². The Labute approximate surface area is 120 Å². The van der Waals surface area contributed by atoms with Gasteiger partial charge in [-0.15, -0.1) is 0 Å². The van der Waals surface area contributed by atoms with Gasteiger partial charge in [-0.25, -0.2) is 0 Å². The number of carboxylic acid groups (broad SMARTS) is 1. The number of piperazine rings is 1. The molecule has 4 nitrogen and oxygen atoms in total. The van der Waals surface area contributed by atoms with Gasteiger partial charge in [0.1, 0.15) is 0 Å². The number of carbonyl (C=O) groups is 1. The predicted octanol–water partition coefficient (Wildman–Crippen LogP) is 1.81. The zero-order valence-electron chi connectivity index (χ0n) is 11.7. The number of hydrogen-bond acceptors (Lipinski definition) is 3. The molecule has 1 aromatic carbocycles. The maximum atomic E-state index is 11.0. The summed E-state index contributed by atoms with van der Waals surface area (Å²) in [5.74, 6) is -0.696. The lowest BCUT2D eigenvalue weighted by atomic mass is 9.91. The van der Waals surface area contributed by atoms with E-state index in [-0.39, 0.29) is 6.54 Å². The highest BCUT2D eigenvalue weighted by molar-refractivity contribution is 5.69. The van der Waals surface area contributed by atoms with Crippen molar-refractivity contribution in [1.29, 1.82) is 0 Å². The number of fused-ring (bicyclic) bond motifs is 2. The third-order valence-electron chi connectivity index (χ3n) is 4.52. The Morgan fingerprint density at radius 2 is 1.80 bits per heavy atom. The second-order valence-corrected chi connectivity index (χ2v) is 5.98. The summed E-state index contributed by atoms with van der Waals surface area (Å²) in [6, 6.07) is 11.4. The highest BCUT2D eigenvalue weighted by Crippen LogP contribution is 2.29. The van der Waals surface area contributed by atoms with Crippen LogP contribution < -0.4 is 0 Å². The number of rotatable bonds is 4. The Hall–Kier alpha value is -1.39. The van der Waals surface area contributed by atoms with Crippen LogP contribution in [-0.4, -0.2) is 52.6 Å². The van der Waals surface area contributed by atoms with Crippen LogP contribution in [-0.2, 0) is 11.3 Å². The molecule has 4 heteroatoms. The summed E-state index contributed by atoms with van der Waals surface area (Å²) in [5.41, 5.74) is 1.34. The van der Waals surface area contributed by atoms with E-state index >= 15 is 0 Å². The van der Waals surface area contributed by atoms with E-state index in [2.05, 4.69) is 34.1 Å². The Bertz CT molecular complexity index is 449. The van der Waals surface area contributed by atoms with Crippen LogP contribution in [0.25, 0.3) is 0 Å². The molecule has 1 N–H and O–H groups in total. The molecule has 2 aliphatic rings. The first-order valence-electron chi connectivity index (χ1n) is 7.46. The SMILES string of the molecule is O=C(O)CN1C2CCCC1CN(Cc1ccccc1)C2. The molecule has 2 unspecified atom stereocenters. The lowest BCUT2D eigenvalue weighted by molar-refractivity contribution is -0.142. The fourth-order valence-electron chi connectivity index (χ4n) is 3.67. The van der Waals surface area contributed by atoms with E-state index < -0.39 is 5.97 Å². The highest BCUT2D eigenvalue weighted by Gasteiger charge is 2.37. The zero-order chi connectivity index (χ0) is 13.9. The van der Waals surface area contributed by atoms with Crippen molar-refractivity contribution >= 4 is 5.97 Å². The highest BCUT2D eigenvalue weighted by atomic mass is 16.4. The molecule has 108 valence electrons. The normalized spacial score (nSPS) is 27.4. The molecule has 2 bridgehead atoms. The first kappa shape index (κ1) is 13.6. The topological polar surface area (TPSA) is 43.8 Å². The van der Waals surface area contributed by atoms with Crippen molar-refractivity contribution in [3.05, 3.63) is 35.9 Å². The van der Waals surface area contributed by atoms with E-state index in [1.54, 1.807) is 0 Å². The molecule has 2 fully saturated rings. The van der Waals surface area contributed by atoms with Gasteiger partial charge >= 0.3 is 5.97 Å². The minimum absolute atomic E-state index is 0.203. The molecular weight excluding hydrogens is 252 g/mol. The largest absolute Gasteiger partial charge is 0.480 e. The number of piperidine rings is 1. The van der Waals surface area contributed by atoms with E-state index in [4.69, 9.17) is 5.11 Å². The molecule has 1 aromatic rings. The van der Waals surface area contributed by atoms with Gasteiger partial charge in [-0.05, 0) is 18.4 Å². The standard InChI is InChI=1S/C16H22N2O2/c19-16(20)12-18-14-7-4-8-15(18)11-17(10-14)9-13-5-2-1-3-6-13/h1-3,5-6,14-15H,4,7-12H2,(H,19,20).